The van der Waals surface area contributed by atoms with Crippen molar-refractivity contribution in [2.75, 3.05) is 39.5 Å². The summed E-state index contributed by atoms with van der Waals surface area (Å²) >= 11 is 0. The average Bonchev–Trinajstić information content (AvgIpc) is 3.28. The Labute approximate surface area is 218 Å². The number of hydrogen-bond acceptors (Lipinski definition) is 8. The quantitative estimate of drug-likeness (QED) is 0.365. The Hall–Kier alpha value is -2.92. The van der Waals surface area contributed by atoms with Crippen LogP contribution in [0.5, 0.6) is 5.75 Å². The first-order valence-corrected chi connectivity index (χ1v) is 12.7. The van der Waals surface area contributed by atoms with Crippen LogP contribution in [0.4, 0.5) is 0 Å². The molecule has 0 radical (unpaired) electrons. The number of nitrogens with zero attached hydrogens (tertiary/aromatic N) is 1. The number of fused-ring (bicyclic) bond motifs is 1. The van der Waals surface area contributed by atoms with E-state index in [9.17, 15) is 14.6 Å². The fourth-order valence-corrected chi connectivity index (χ4v) is 4.51. The maximum absolute atomic E-state index is 13.0. The molecule has 198 valence electrons. The van der Waals surface area contributed by atoms with Crippen LogP contribution in [-0.4, -0.2) is 74.4 Å². The summed E-state index contributed by atoms with van der Waals surface area (Å²) in [4.78, 5) is 28.2. The fraction of sp³-hybridized carbons (Fsp3) is 0.481. The number of benzene rings is 2. The zero-order valence-electron chi connectivity index (χ0n) is 21.7. The van der Waals surface area contributed by atoms with Gasteiger partial charge < -0.3 is 29.2 Å². The van der Waals surface area contributed by atoms with Crippen LogP contribution in [0.3, 0.4) is 0 Å². The first-order valence-electron chi connectivity index (χ1n) is 12.7. The second kappa shape index (κ2) is 12.6. The lowest BCUT2D eigenvalue weighted by Crippen LogP contribution is -2.46. The van der Waals surface area contributed by atoms with Crippen molar-refractivity contribution in [2.24, 2.45) is 5.92 Å². The minimum atomic E-state index is -1.05. The van der Waals surface area contributed by atoms with E-state index in [1.807, 2.05) is 38.1 Å². The second-order valence-corrected chi connectivity index (χ2v) is 9.72. The van der Waals surface area contributed by atoms with Crippen molar-refractivity contribution < 1.29 is 33.5 Å². The molecule has 0 spiro atoms. The Morgan fingerprint density at radius 1 is 1.14 bits per heavy atom. The van der Waals surface area contributed by atoms with Crippen molar-refractivity contribution in [1.82, 2.24) is 10.2 Å². The Balaban J connectivity index is 1.28. The van der Waals surface area contributed by atoms with E-state index in [0.29, 0.717) is 29.8 Å². The number of ether oxygens (including phenoxy) is 3. The number of hydrogen-bond donors (Lipinski definition) is 2. The van der Waals surface area contributed by atoms with Crippen molar-refractivity contribution in [3.63, 3.8) is 0 Å². The summed E-state index contributed by atoms with van der Waals surface area (Å²) in [6.45, 7) is 10.7. The normalized spacial score (nSPS) is 16.4. The molecule has 1 amide bonds. The molecule has 2 aliphatic rings. The van der Waals surface area contributed by atoms with E-state index in [4.69, 9.17) is 18.9 Å². The van der Waals surface area contributed by atoms with Crippen LogP contribution >= 0.6 is 0 Å². The summed E-state index contributed by atoms with van der Waals surface area (Å²) in [6.07, 6.45) is 0. The lowest BCUT2D eigenvalue weighted by atomic mass is 9.75. The maximum Gasteiger partial charge on any atom is 0.492 e. The van der Waals surface area contributed by atoms with Gasteiger partial charge in [0.2, 0.25) is 0 Å². The summed E-state index contributed by atoms with van der Waals surface area (Å²) in [5.74, 6) is -0.316. The highest BCUT2D eigenvalue weighted by Gasteiger charge is 2.32. The van der Waals surface area contributed by atoms with Crippen LogP contribution in [0.15, 0.2) is 36.4 Å². The largest absolute Gasteiger partial charge is 0.492 e. The molecule has 1 fully saturated rings. The van der Waals surface area contributed by atoms with Gasteiger partial charge in [-0.1, -0.05) is 32.0 Å². The minimum Gasteiger partial charge on any atom is -0.492 e. The van der Waals surface area contributed by atoms with Crippen molar-refractivity contribution in [3.05, 3.63) is 58.7 Å². The van der Waals surface area contributed by atoms with Crippen molar-refractivity contribution in [3.8, 4) is 5.75 Å². The van der Waals surface area contributed by atoms with Gasteiger partial charge in [0.1, 0.15) is 25.0 Å². The van der Waals surface area contributed by atoms with E-state index < -0.39 is 25.0 Å². The monoisotopic (exact) mass is 510 g/mol. The molecule has 0 bridgehead atoms. The number of morpholine rings is 1. The highest BCUT2D eigenvalue weighted by molar-refractivity contribution is 6.62. The fourth-order valence-electron chi connectivity index (χ4n) is 4.51. The van der Waals surface area contributed by atoms with E-state index in [0.717, 1.165) is 49.7 Å². The molecular weight excluding hydrogens is 475 g/mol. The molecule has 0 aliphatic carbocycles. The number of rotatable bonds is 10. The zero-order chi connectivity index (χ0) is 26.4. The van der Waals surface area contributed by atoms with Gasteiger partial charge in [-0.05, 0) is 53.2 Å². The van der Waals surface area contributed by atoms with Gasteiger partial charge >= 0.3 is 13.1 Å². The number of carbonyl (C=O) groups excluding carboxylic acids is 2. The van der Waals surface area contributed by atoms with Crippen LogP contribution in [0, 0.1) is 12.8 Å². The topological polar surface area (TPSA) is 107 Å². The Kier molecular flexibility index (Phi) is 9.21. The molecule has 1 atom stereocenters. The predicted molar refractivity (Wildman–Crippen MR) is 139 cm³/mol. The highest BCUT2D eigenvalue weighted by atomic mass is 16.5. The lowest BCUT2D eigenvalue weighted by Gasteiger charge is -2.26. The molecule has 0 aromatic heterocycles. The standard InChI is InChI=1S/C27H35BN2O7/c1-18(2)25(29-26(31)23-9-6-21-17-37-28(33)24(21)19(23)3)27(32)36-16-20-4-7-22(8-5-20)35-15-12-30-10-13-34-14-11-30/h4-9,18,25,33H,10-17H2,1-3H3,(H,29,31). The Bertz CT molecular complexity index is 1090. The number of amides is 1. The number of esters is 1. The van der Waals surface area contributed by atoms with Gasteiger partial charge in [-0.3, -0.25) is 9.69 Å². The van der Waals surface area contributed by atoms with Crippen LogP contribution in [-0.2, 0) is 32.1 Å². The summed E-state index contributed by atoms with van der Waals surface area (Å²) in [6, 6.07) is 10.1. The minimum absolute atomic E-state index is 0.0907. The summed E-state index contributed by atoms with van der Waals surface area (Å²) < 4.78 is 22.0. The molecule has 2 heterocycles. The molecule has 4 rings (SSSR count). The molecule has 2 aliphatic heterocycles. The van der Waals surface area contributed by atoms with E-state index in [2.05, 4.69) is 10.2 Å². The van der Waals surface area contributed by atoms with Crippen LogP contribution in [0.1, 0.15) is 40.9 Å². The molecule has 2 N–H and O–H groups in total. The first kappa shape index (κ1) is 27.1. The molecule has 37 heavy (non-hydrogen) atoms. The molecule has 1 saturated heterocycles. The van der Waals surface area contributed by atoms with Crippen LogP contribution < -0.4 is 15.5 Å². The van der Waals surface area contributed by atoms with E-state index in [1.165, 1.54) is 0 Å². The van der Waals surface area contributed by atoms with Crippen LogP contribution in [0.25, 0.3) is 0 Å². The molecule has 10 heteroatoms. The summed E-state index contributed by atoms with van der Waals surface area (Å²) in [5.41, 5.74) is 3.33. The first-order chi connectivity index (χ1) is 17.8. The van der Waals surface area contributed by atoms with Gasteiger partial charge in [-0.15, -0.1) is 0 Å². The van der Waals surface area contributed by atoms with Gasteiger partial charge in [-0.25, -0.2) is 4.79 Å². The third-order valence-electron chi connectivity index (χ3n) is 6.79. The van der Waals surface area contributed by atoms with E-state index in [-0.39, 0.29) is 12.5 Å². The smallest absolute Gasteiger partial charge is 0.492 e. The third kappa shape index (κ3) is 6.90. The number of nitrogens with one attached hydrogen (secondary N) is 1. The highest BCUT2D eigenvalue weighted by Crippen LogP contribution is 2.18. The Morgan fingerprint density at radius 2 is 1.86 bits per heavy atom. The van der Waals surface area contributed by atoms with Gasteiger partial charge in [0.15, 0.2) is 0 Å². The molecular formula is C27H35BN2O7. The maximum atomic E-state index is 13.0. The van der Waals surface area contributed by atoms with Gasteiger partial charge in [0, 0.05) is 25.2 Å². The average molecular weight is 510 g/mol. The van der Waals surface area contributed by atoms with Crippen LogP contribution in [0.2, 0.25) is 0 Å². The van der Waals surface area contributed by atoms with Gasteiger partial charge in [0.25, 0.3) is 5.91 Å². The van der Waals surface area contributed by atoms with Crippen molar-refractivity contribution >= 4 is 24.5 Å². The molecule has 0 saturated carbocycles. The summed E-state index contributed by atoms with van der Waals surface area (Å²) in [7, 11) is -1.05. The van der Waals surface area contributed by atoms with Gasteiger partial charge in [-0.2, -0.15) is 0 Å². The molecule has 1 unspecified atom stereocenters. The molecule has 2 aromatic rings. The molecule has 2 aromatic carbocycles. The predicted octanol–water partition coefficient (Wildman–Crippen LogP) is 1.42. The summed E-state index contributed by atoms with van der Waals surface area (Å²) in [5, 5.41) is 12.9. The van der Waals surface area contributed by atoms with E-state index in [1.54, 1.807) is 19.1 Å². The Morgan fingerprint density at radius 3 is 2.57 bits per heavy atom. The lowest BCUT2D eigenvalue weighted by molar-refractivity contribution is -0.148. The van der Waals surface area contributed by atoms with Crippen molar-refractivity contribution in [2.45, 2.75) is 40.0 Å². The van der Waals surface area contributed by atoms with Crippen molar-refractivity contribution in [1.29, 1.82) is 0 Å². The van der Waals surface area contributed by atoms with Gasteiger partial charge in [0.05, 0.1) is 19.8 Å². The second-order valence-electron chi connectivity index (χ2n) is 9.72. The SMILES string of the molecule is Cc1c(C(=O)NC(C(=O)OCc2ccc(OCCN3CCOCC3)cc2)C(C)C)ccc2c1B(O)OC2. The molecule has 9 nitrogen and oxygen atoms in total. The number of carbonyl (C=O) groups is 2. The third-order valence-corrected chi connectivity index (χ3v) is 6.79. The zero-order valence-corrected chi connectivity index (χ0v) is 21.7. The van der Waals surface area contributed by atoms with E-state index >= 15 is 0 Å².